The van der Waals surface area contributed by atoms with Crippen molar-refractivity contribution in [1.29, 1.82) is 0 Å². The third-order valence-electron chi connectivity index (χ3n) is 7.50. The highest BCUT2D eigenvalue weighted by Gasteiger charge is 2.25. The number of quaternary nitrogens is 1. The molecule has 6 rings (SSSR count). The van der Waals surface area contributed by atoms with Crippen molar-refractivity contribution in [3.05, 3.63) is 94.3 Å². The smallest absolute Gasteiger partial charge is 0.165 e. The molecule has 0 amide bonds. The quantitative estimate of drug-likeness (QED) is 0.379. The van der Waals surface area contributed by atoms with E-state index in [9.17, 15) is 0 Å². The molecule has 36 heavy (non-hydrogen) atoms. The van der Waals surface area contributed by atoms with Gasteiger partial charge in [0.2, 0.25) is 0 Å². The number of nitrogens with zero attached hydrogens (tertiary/aromatic N) is 4. The van der Waals surface area contributed by atoms with E-state index in [0.717, 1.165) is 71.7 Å². The molecular formula is C30H31ClN5+. The summed E-state index contributed by atoms with van der Waals surface area (Å²) in [6.45, 7) is 11.6. The molecule has 0 unspecified atom stereocenters. The van der Waals surface area contributed by atoms with Gasteiger partial charge in [-0.25, -0.2) is 4.98 Å². The first-order chi connectivity index (χ1) is 17.5. The molecule has 3 aromatic carbocycles. The van der Waals surface area contributed by atoms with Crippen molar-refractivity contribution in [2.75, 3.05) is 31.1 Å². The second kappa shape index (κ2) is 9.23. The Hall–Kier alpha value is -3.41. The van der Waals surface area contributed by atoms with Crippen LogP contribution in [0.2, 0.25) is 5.02 Å². The number of fused-ring (bicyclic) bond motifs is 2. The maximum absolute atomic E-state index is 6.14. The van der Waals surface area contributed by atoms with Crippen LogP contribution in [0.25, 0.3) is 27.5 Å². The summed E-state index contributed by atoms with van der Waals surface area (Å²) in [5.41, 5.74) is 7.93. The number of hydrogen-bond donors (Lipinski definition) is 1. The number of hydrogen-bond acceptors (Lipinski definition) is 3. The zero-order chi connectivity index (χ0) is 24.8. The number of halogens is 1. The van der Waals surface area contributed by atoms with Crippen LogP contribution in [0.1, 0.15) is 22.5 Å². The Labute approximate surface area is 216 Å². The van der Waals surface area contributed by atoms with Gasteiger partial charge in [-0.3, -0.25) is 0 Å². The normalized spacial score (nSPS) is 14.7. The molecular weight excluding hydrogens is 466 g/mol. The summed E-state index contributed by atoms with van der Waals surface area (Å²) in [6, 6.07) is 23.4. The minimum absolute atomic E-state index is 0.733. The fourth-order valence-corrected chi connectivity index (χ4v) is 5.69. The van der Waals surface area contributed by atoms with Crippen LogP contribution in [0, 0.1) is 20.8 Å². The fourth-order valence-electron chi connectivity index (χ4n) is 5.56. The van der Waals surface area contributed by atoms with E-state index in [1.54, 1.807) is 4.90 Å². The van der Waals surface area contributed by atoms with Gasteiger partial charge in [0.25, 0.3) is 0 Å². The van der Waals surface area contributed by atoms with Crippen molar-refractivity contribution in [1.82, 2.24) is 14.6 Å². The molecule has 0 bridgehead atoms. The van der Waals surface area contributed by atoms with E-state index in [2.05, 4.69) is 68.1 Å². The Bertz CT molecular complexity index is 1560. The van der Waals surface area contributed by atoms with Crippen molar-refractivity contribution in [3.63, 3.8) is 0 Å². The SMILES string of the molecule is Cc1cc(N2CC[NH+](Cc3c(C)ccc4ccccc34)CC2)n2nc(C)c(-c3ccc(Cl)cc3)c2n1. The van der Waals surface area contributed by atoms with Gasteiger partial charge in [-0.1, -0.05) is 60.1 Å². The lowest BCUT2D eigenvalue weighted by atomic mass is 9.99. The summed E-state index contributed by atoms with van der Waals surface area (Å²) in [5.74, 6) is 1.13. The van der Waals surface area contributed by atoms with Crippen LogP contribution in [-0.2, 0) is 6.54 Å². The molecule has 2 aromatic heterocycles. The first-order valence-corrected chi connectivity index (χ1v) is 13.0. The van der Waals surface area contributed by atoms with Crippen molar-refractivity contribution in [3.8, 4) is 11.1 Å². The van der Waals surface area contributed by atoms with Crippen molar-refractivity contribution in [2.45, 2.75) is 27.3 Å². The summed E-state index contributed by atoms with van der Waals surface area (Å²) >= 11 is 6.14. The molecule has 3 heterocycles. The summed E-state index contributed by atoms with van der Waals surface area (Å²) in [4.78, 5) is 9.00. The number of nitrogens with one attached hydrogen (secondary N) is 1. The summed E-state index contributed by atoms with van der Waals surface area (Å²) in [6.07, 6.45) is 0. The standard InChI is InChI=1S/C30H30ClN5/c1-20-8-9-23-6-4-5-7-26(23)27(20)19-34-14-16-35(17-15-34)28-18-21(2)32-30-29(22(3)33-36(28)30)24-10-12-25(31)13-11-24/h4-13,18H,14-17,19H2,1-3H3/p+1. The van der Waals surface area contributed by atoms with E-state index in [1.165, 1.54) is 21.9 Å². The van der Waals surface area contributed by atoms with Crippen molar-refractivity contribution < 1.29 is 4.90 Å². The van der Waals surface area contributed by atoms with Gasteiger partial charge >= 0.3 is 0 Å². The van der Waals surface area contributed by atoms with Gasteiger partial charge in [0, 0.05) is 27.9 Å². The molecule has 5 nitrogen and oxygen atoms in total. The molecule has 6 heteroatoms. The molecule has 1 N–H and O–H groups in total. The molecule has 0 atom stereocenters. The molecule has 0 aliphatic carbocycles. The van der Waals surface area contributed by atoms with Crippen LogP contribution in [-0.4, -0.2) is 40.8 Å². The Morgan fingerprint density at radius 2 is 1.67 bits per heavy atom. The number of aromatic nitrogens is 3. The van der Waals surface area contributed by atoms with Crippen LogP contribution in [0.3, 0.4) is 0 Å². The fraction of sp³-hybridized carbons (Fsp3) is 0.267. The first-order valence-electron chi connectivity index (χ1n) is 12.7. The summed E-state index contributed by atoms with van der Waals surface area (Å²) < 4.78 is 2.03. The second-order valence-corrected chi connectivity index (χ2v) is 10.4. The van der Waals surface area contributed by atoms with Crippen LogP contribution in [0.5, 0.6) is 0 Å². The van der Waals surface area contributed by atoms with Crippen LogP contribution >= 0.6 is 11.6 Å². The topological polar surface area (TPSA) is 37.9 Å². The number of anilines is 1. The molecule has 0 spiro atoms. The lowest BCUT2D eigenvalue weighted by Crippen LogP contribution is -3.13. The molecule has 1 saturated heterocycles. The molecule has 1 aliphatic rings. The zero-order valence-electron chi connectivity index (χ0n) is 21.1. The Kier molecular flexibility index (Phi) is 5.90. The van der Waals surface area contributed by atoms with Crippen molar-refractivity contribution in [2.24, 2.45) is 0 Å². The first kappa shape index (κ1) is 23.0. The third kappa shape index (κ3) is 4.12. The van der Waals surface area contributed by atoms with E-state index >= 15 is 0 Å². The van der Waals surface area contributed by atoms with E-state index in [0.29, 0.717) is 0 Å². The van der Waals surface area contributed by atoms with Crippen molar-refractivity contribution >= 4 is 33.8 Å². The molecule has 5 aromatic rings. The molecule has 1 aliphatic heterocycles. The zero-order valence-corrected chi connectivity index (χ0v) is 21.8. The predicted molar refractivity (Wildman–Crippen MR) is 148 cm³/mol. The number of benzene rings is 3. The van der Waals surface area contributed by atoms with Gasteiger partial charge in [0.05, 0.1) is 31.9 Å². The maximum atomic E-state index is 6.14. The Morgan fingerprint density at radius 1 is 0.917 bits per heavy atom. The number of aryl methyl sites for hydroxylation is 3. The maximum Gasteiger partial charge on any atom is 0.165 e. The highest BCUT2D eigenvalue weighted by Crippen LogP contribution is 2.31. The number of piperazine rings is 1. The van der Waals surface area contributed by atoms with Crippen LogP contribution < -0.4 is 9.80 Å². The van der Waals surface area contributed by atoms with Gasteiger partial charge < -0.3 is 9.80 Å². The van der Waals surface area contributed by atoms with Crippen LogP contribution in [0.4, 0.5) is 5.82 Å². The average Bonchev–Trinajstić information content (AvgIpc) is 3.22. The minimum atomic E-state index is 0.733. The third-order valence-corrected chi connectivity index (χ3v) is 7.75. The Balaban J connectivity index is 1.27. The van der Waals surface area contributed by atoms with E-state index in [1.807, 2.05) is 28.8 Å². The summed E-state index contributed by atoms with van der Waals surface area (Å²) in [7, 11) is 0. The molecule has 0 radical (unpaired) electrons. The molecule has 0 saturated carbocycles. The highest BCUT2D eigenvalue weighted by molar-refractivity contribution is 6.30. The molecule has 182 valence electrons. The molecule has 1 fully saturated rings. The predicted octanol–water partition coefficient (Wildman–Crippen LogP) is 5.03. The highest BCUT2D eigenvalue weighted by atomic mass is 35.5. The second-order valence-electron chi connectivity index (χ2n) is 9.95. The van der Waals surface area contributed by atoms with E-state index in [-0.39, 0.29) is 0 Å². The lowest BCUT2D eigenvalue weighted by Gasteiger charge is -2.34. The summed E-state index contributed by atoms with van der Waals surface area (Å²) in [5, 5.41) is 8.39. The van der Waals surface area contributed by atoms with Gasteiger partial charge in [0.15, 0.2) is 5.65 Å². The average molecular weight is 497 g/mol. The Morgan fingerprint density at radius 3 is 2.44 bits per heavy atom. The van der Waals surface area contributed by atoms with Gasteiger partial charge in [-0.15, -0.1) is 0 Å². The van der Waals surface area contributed by atoms with Gasteiger partial charge in [-0.2, -0.15) is 9.61 Å². The largest absolute Gasteiger partial charge is 0.345 e. The van der Waals surface area contributed by atoms with Crippen LogP contribution in [0.15, 0.2) is 66.7 Å². The van der Waals surface area contributed by atoms with Gasteiger partial charge in [-0.05, 0) is 54.8 Å². The number of rotatable bonds is 4. The monoisotopic (exact) mass is 496 g/mol. The van der Waals surface area contributed by atoms with Gasteiger partial charge in [0.1, 0.15) is 12.4 Å². The lowest BCUT2D eigenvalue weighted by molar-refractivity contribution is -0.914. The van der Waals surface area contributed by atoms with E-state index in [4.69, 9.17) is 21.7 Å². The minimum Gasteiger partial charge on any atom is -0.345 e. The van der Waals surface area contributed by atoms with E-state index < -0.39 is 0 Å².